The molecule has 0 radical (unpaired) electrons. The van der Waals surface area contributed by atoms with E-state index in [2.05, 4.69) is 15.9 Å². The van der Waals surface area contributed by atoms with Crippen LogP contribution in [-0.2, 0) is 9.53 Å². The van der Waals surface area contributed by atoms with E-state index in [0.717, 1.165) is 0 Å². The van der Waals surface area contributed by atoms with Crippen LogP contribution >= 0.6 is 27.5 Å². The van der Waals surface area contributed by atoms with Gasteiger partial charge in [0.25, 0.3) is 0 Å². The summed E-state index contributed by atoms with van der Waals surface area (Å²) >= 11 is 9.05. The summed E-state index contributed by atoms with van der Waals surface area (Å²) in [5.74, 6) is -0.512. The number of phenols is 1. The number of esters is 1. The van der Waals surface area contributed by atoms with Gasteiger partial charge < -0.3 is 15.6 Å². The fourth-order valence-corrected chi connectivity index (χ4v) is 2.21. The number of carbonyl (C=O) groups is 1. The topological polar surface area (TPSA) is 72.5 Å². The molecule has 1 rings (SSSR count). The molecular weight excluding hydrogens is 309 g/mol. The number of hydrogen-bond donors (Lipinski definition) is 2. The van der Waals surface area contributed by atoms with Crippen LogP contribution in [0, 0.1) is 0 Å². The van der Waals surface area contributed by atoms with Gasteiger partial charge in [-0.05, 0) is 19.1 Å². The van der Waals surface area contributed by atoms with Crippen LogP contribution in [0.3, 0.4) is 0 Å². The van der Waals surface area contributed by atoms with Crippen LogP contribution in [0.15, 0.2) is 16.6 Å². The van der Waals surface area contributed by atoms with E-state index >= 15 is 0 Å². The summed E-state index contributed by atoms with van der Waals surface area (Å²) in [5, 5.41) is 9.94. The van der Waals surface area contributed by atoms with Gasteiger partial charge in [0.2, 0.25) is 0 Å². The zero-order valence-corrected chi connectivity index (χ0v) is 11.6. The second kappa shape index (κ2) is 6.23. The van der Waals surface area contributed by atoms with E-state index in [0.29, 0.717) is 16.6 Å². The monoisotopic (exact) mass is 321 g/mol. The van der Waals surface area contributed by atoms with E-state index in [-0.39, 0.29) is 17.2 Å². The summed E-state index contributed by atoms with van der Waals surface area (Å²) in [6, 6.07) is 2.53. The maximum atomic E-state index is 11.3. The van der Waals surface area contributed by atoms with Crippen LogP contribution in [0.25, 0.3) is 0 Å². The molecule has 0 aliphatic heterocycles. The SMILES string of the molecule is CCOC(=O)C[C@H](N)c1cc(Br)cc(Cl)c1O. The van der Waals surface area contributed by atoms with Crippen molar-refractivity contribution in [1.82, 2.24) is 0 Å². The first-order chi connectivity index (χ1) is 7.95. The Morgan fingerprint density at radius 3 is 2.88 bits per heavy atom. The zero-order chi connectivity index (χ0) is 13.0. The van der Waals surface area contributed by atoms with E-state index in [9.17, 15) is 9.90 Å². The highest BCUT2D eigenvalue weighted by Crippen LogP contribution is 2.35. The normalized spacial score (nSPS) is 12.2. The Labute approximate surface area is 113 Å². The third-order valence-electron chi connectivity index (χ3n) is 2.15. The molecule has 1 aromatic carbocycles. The maximum absolute atomic E-state index is 11.3. The van der Waals surface area contributed by atoms with Crippen LogP contribution in [0.2, 0.25) is 5.02 Å². The van der Waals surface area contributed by atoms with E-state index < -0.39 is 12.0 Å². The lowest BCUT2D eigenvalue weighted by Crippen LogP contribution is -2.17. The minimum absolute atomic E-state index is 0.00577. The van der Waals surface area contributed by atoms with Crippen molar-refractivity contribution in [3.05, 3.63) is 27.2 Å². The number of hydrogen-bond acceptors (Lipinski definition) is 4. The molecule has 0 amide bonds. The Bertz CT molecular complexity index is 425. The third-order valence-corrected chi connectivity index (χ3v) is 2.89. The van der Waals surface area contributed by atoms with Gasteiger partial charge >= 0.3 is 5.97 Å². The third kappa shape index (κ3) is 3.87. The second-order valence-corrected chi connectivity index (χ2v) is 4.76. The van der Waals surface area contributed by atoms with Gasteiger partial charge in [-0.25, -0.2) is 0 Å². The van der Waals surface area contributed by atoms with Gasteiger partial charge in [0.15, 0.2) is 0 Å². The number of ether oxygens (including phenoxy) is 1. The molecule has 0 heterocycles. The fourth-order valence-electron chi connectivity index (χ4n) is 1.38. The first kappa shape index (κ1) is 14.3. The van der Waals surface area contributed by atoms with E-state index in [1.807, 2.05) is 0 Å². The second-order valence-electron chi connectivity index (χ2n) is 3.44. The molecule has 6 heteroatoms. The Hall–Kier alpha value is -0.780. The molecule has 1 aromatic rings. The number of phenolic OH excluding ortho intramolecular Hbond substituents is 1. The number of carbonyl (C=O) groups excluding carboxylic acids is 1. The van der Waals surface area contributed by atoms with Crippen LogP contribution in [0.5, 0.6) is 5.75 Å². The Morgan fingerprint density at radius 1 is 1.65 bits per heavy atom. The molecule has 0 saturated carbocycles. The molecule has 4 nitrogen and oxygen atoms in total. The molecule has 0 aliphatic carbocycles. The van der Waals surface area contributed by atoms with Crippen molar-refractivity contribution in [3.8, 4) is 5.75 Å². The van der Waals surface area contributed by atoms with E-state index in [1.165, 1.54) is 0 Å². The lowest BCUT2D eigenvalue weighted by Gasteiger charge is -2.14. The van der Waals surface area contributed by atoms with Gasteiger partial charge in [-0.3, -0.25) is 4.79 Å². The summed E-state index contributed by atoms with van der Waals surface area (Å²) in [5.41, 5.74) is 6.24. The summed E-state index contributed by atoms with van der Waals surface area (Å²) in [7, 11) is 0. The molecule has 17 heavy (non-hydrogen) atoms. The summed E-state index contributed by atoms with van der Waals surface area (Å²) in [6.45, 7) is 2.02. The zero-order valence-electron chi connectivity index (χ0n) is 9.24. The van der Waals surface area contributed by atoms with Gasteiger partial charge in [0.05, 0.1) is 18.1 Å². The summed E-state index contributed by atoms with van der Waals surface area (Å²) in [6.07, 6.45) is -0.00577. The van der Waals surface area contributed by atoms with Crippen LogP contribution < -0.4 is 5.73 Å². The van der Waals surface area contributed by atoms with Gasteiger partial charge in [-0.15, -0.1) is 0 Å². The number of benzene rings is 1. The van der Waals surface area contributed by atoms with Crippen molar-refractivity contribution >= 4 is 33.5 Å². The molecule has 0 spiro atoms. The van der Waals surface area contributed by atoms with Gasteiger partial charge in [-0.2, -0.15) is 0 Å². The number of halogens is 2. The molecule has 0 fully saturated rings. The van der Waals surface area contributed by atoms with Gasteiger partial charge in [0, 0.05) is 16.1 Å². The van der Waals surface area contributed by atoms with Crippen LogP contribution in [0.1, 0.15) is 24.9 Å². The first-order valence-electron chi connectivity index (χ1n) is 5.04. The molecule has 0 unspecified atom stereocenters. The standard InChI is InChI=1S/C11H13BrClNO3/c1-2-17-10(15)5-9(14)7-3-6(12)4-8(13)11(7)16/h3-4,9,16H,2,5,14H2,1H3/t9-/m0/s1. The van der Waals surface area contributed by atoms with Crippen molar-refractivity contribution in [2.24, 2.45) is 5.73 Å². The molecule has 0 saturated heterocycles. The molecule has 0 aliphatic rings. The molecular formula is C11H13BrClNO3. The number of aromatic hydroxyl groups is 1. The molecule has 3 N–H and O–H groups in total. The van der Waals surface area contributed by atoms with Gasteiger partial charge in [0.1, 0.15) is 5.75 Å². The smallest absolute Gasteiger partial charge is 0.307 e. The average molecular weight is 323 g/mol. The van der Waals surface area contributed by atoms with Gasteiger partial charge in [-0.1, -0.05) is 27.5 Å². The Balaban J connectivity index is 2.88. The highest BCUT2D eigenvalue weighted by atomic mass is 79.9. The first-order valence-corrected chi connectivity index (χ1v) is 6.22. The van der Waals surface area contributed by atoms with Crippen molar-refractivity contribution in [2.75, 3.05) is 6.61 Å². The van der Waals surface area contributed by atoms with Crippen molar-refractivity contribution in [1.29, 1.82) is 0 Å². The molecule has 0 bridgehead atoms. The quantitative estimate of drug-likeness (QED) is 0.836. The Kier molecular flexibility index (Phi) is 5.24. The molecule has 1 atom stereocenters. The lowest BCUT2D eigenvalue weighted by atomic mass is 10.0. The van der Waals surface area contributed by atoms with E-state index in [4.69, 9.17) is 22.1 Å². The minimum Gasteiger partial charge on any atom is -0.506 e. The highest BCUT2D eigenvalue weighted by molar-refractivity contribution is 9.10. The van der Waals surface area contributed by atoms with E-state index in [1.54, 1.807) is 19.1 Å². The van der Waals surface area contributed by atoms with Crippen molar-refractivity contribution in [2.45, 2.75) is 19.4 Å². The minimum atomic E-state index is -0.649. The summed E-state index contributed by atoms with van der Waals surface area (Å²) < 4.78 is 5.48. The largest absolute Gasteiger partial charge is 0.506 e. The predicted molar refractivity (Wildman–Crippen MR) is 69.0 cm³/mol. The number of nitrogens with two attached hydrogens (primary N) is 1. The van der Waals surface area contributed by atoms with Crippen LogP contribution in [0.4, 0.5) is 0 Å². The maximum Gasteiger partial charge on any atom is 0.307 e. The highest BCUT2D eigenvalue weighted by Gasteiger charge is 2.18. The number of rotatable bonds is 4. The molecule has 0 aromatic heterocycles. The van der Waals surface area contributed by atoms with Crippen molar-refractivity contribution in [3.63, 3.8) is 0 Å². The predicted octanol–water partition coefficient (Wildman–Crippen LogP) is 2.76. The fraction of sp³-hybridized carbons (Fsp3) is 0.364. The lowest BCUT2D eigenvalue weighted by molar-refractivity contribution is -0.143. The summed E-state index contributed by atoms with van der Waals surface area (Å²) in [4.78, 5) is 11.3. The van der Waals surface area contributed by atoms with Crippen LogP contribution in [-0.4, -0.2) is 17.7 Å². The average Bonchev–Trinajstić information content (AvgIpc) is 2.23. The van der Waals surface area contributed by atoms with Crippen molar-refractivity contribution < 1.29 is 14.6 Å². The Morgan fingerprint density at radius 2 is 2.29 bits per heavy atom. The molecule has 94 valence electrons.